The highest BCUT2D eigenvalue weighted by Crippen LogP contribution is 2.42. The van der Waals surface area contributed by atoms with E-state index in [1.807, 2.05) is 18.2 Å². The number of para-hydroxylation sites is 2. The summed E-state index contributed by atoms with van der Waals surface area (Å²) in [6, 6.07) is 85.3. The van der Waals surface area contributed by atoms with E-state index in [1.54, 1.807) is 0 Å². The lowest BCUT2D eigenvalue weighted by Crippen LogP contribution is -2.02. The van der Waals surface area contributed by atoms with E-state index in [-0.39, 0.29) is 0 Å². The van der Waals surface area contributed by atoms with E-state index in [0.29, 0.717) is 17.5 Å². The molecule has 0 saturated carbocycles. The van der Waals surface area contributed by atoms with Crippen LogP contribution in [0.4, 0.5) is 0 Å². The molecule has 15 rings (SSSR count). The van der Waals surface area contributed by atoms with Gasteiger partial charge in [0.25, 0.3) is 0 Å². The van der Waals surface area contributed by atoms with Crippen molar-refractivity contribution in [3.8, 4) is 45.5 Å². The molecule has 0 unspecified atom stereocenters. The molecule has 0 fully saturated rings. The summed E-state index contributed by atoms with van der Waals surface area (Å²) in [5.41, 5.74) is 9.78. The van der Waals surface area contributed by atoms with Crippen LogP contribution in [-0.4, -0.2) is 24.1 Å². The van der Waals surface area contributed by atoms with Gasteiger partial charge in [-0.3, -0.25) is 0 Å². The van der Waals surface area contributed by atoms with Crippen molar-refractivity contribution in [2.45, 2.75) is 0 Å². The standard InChI is InChI=1S/C65H39N5/c1-2-16-43(17-3-1)63-66-64(45-29-28-42-27-26-40-14-4-6-18-48(40)55(42)37-45)68-65(67-63)53-33-35-59(51-21-9-8-20-50(51)53)70-57-24-12-10-22-52(57)56-38-46-36-47(32-30-44(46)39-61(56)70)69-58-25-13-11-23-54(58)62-49-19-7-5-15-41(49)31-34-60(62)69/h1-39H. The molecule has 15 aromatic rings. The van der Waals surface area contributed by atoms with Crippen molar-refractivity contribution < 1.29 is 0 Å². The van der Waals surface area contributed by atoms with Gasteiger partial charge in [0.2, 0.25) is 0 Å². The fourth-order valence-corrected chi connectivity index (χ4v) is 11.3. The summed E-state index contributed by atoms with van der Waals surface area (Å²) in [5.74, 6) is 1.90. The average molecular weight is 890 g/mol. The van der Waals surface area contributed by atoms with E-state index in [1.165, 1.54) is 75.7 Å². The van der Waals surface area contributed by atoms with Gasteiger partial charge in [-0.1, -0.05) is 176 Å². The van der Waals surface area contributed by atoms with E-state index < -0.39 is 0 Å². The molecular formula is C65H39N5. The third-order valence-electron chi connectivity index (χ3n) is 14.5. The van der Waals surface area contributed by atoms with Crippen LogP contribution < -0.4 is 0 Å². The summed E-state index contributed by atoms with van der Waals surface area (Å²) < 4.78 is 4.87. The molecule has 3 heterocycles. The second-order valence-electron chi connectivity index (χ2n) is 18.4. The maximum atomic E-state index is 5.30. The molecule has 0 aliphatic heterocycles. The first-order chi connectivity index (χ1) is 34.7. The van der Waals surface area contributed by atoms with Crippen molar-refractivity contribution in [1.29, 1.82) is 0 Å². The Balaban J connectivity index is 0.908. The van der Waals surface area contributed by atoms with E-state index in [0.717, 1.165) is 49.9 Å². The lowest BCUT2D eigenvalue weighted by molar-refractivity contribution is 1.08. The Labute approximate surface area is 401 Å². The summed E-state index contributed by atoms with van der Waals surface area (Å²) in [5, 5.41) is 16.8. The number of hydrogen-bond acceptors (Lipinski definition) is 3. The maximum absolute atomic E-state index is 5.30. The highest BCUT2D eigenvalue weighted by atomic mass is 15.0. The number of hydrogen-bond donors (Lipinski definition) is 0. The minimum atomic E-state index is 0.630. The van der Waals surface area contributed by atoms with Gasteiger partial charge < -0.3 is 9.13 Å². The van der Waals surface area contributed by atoms with Gasteiger partial charge >= 0.3 is 0 Å². The van der Waals surface area contributed by atoms with Crippen LogP contribution in [0, 0.1) is 0 Å². The van der Waals surface area contributed by atoms with E-state index >= 15 is 0 Å². The third-order valence-corrected chi connectivity index (χ3v) is 14.5. The monoisotopic (exact) mass is 889 g/mol. The zero-order valence-electron chi connectivity index (χ0n) is 37.8. The Morgan fingerprint density at radius 1 is 0.257 bits per heavy atom. The Bertz CT molecular complexity index is 4660. The predicted molar refractivity (Wildman–Crippen MR) is 292 cm³/mol. The highest BCUT2D eigenvalue weighted by molar-refractivity contribution is 6.22. The number of fused-ring (bicyclic) bond motifs is 13. The minimum absolute atomic E-state index is 0.630. The molecule has 0 radical (unpaired) electrons. The lowest BCUT2D eigenvalue weighted by atomic mass is 9.99. The number of nitrogens with zero attached hydrogens (tertiary/aromatic N) is 5. The van der Waals surface area contributed by atoms with Gasteiger partial charge in [0.15, 0.2) is 17.5 Å². The maximum Gasteiger partial charge on any atom is 0.164 e. The van der Waals surface area contributed by atoms with Crippen molar-refractivity contribution >= 4 is 97.5 Å². The van der Waals surface area contributed by atoms with Crippen molar-refractivity contribution in [2.24, 2.45) is 0 Å². The molecule has 0 amide bonds. The summed E-state index contributed by atoms with van der Waals surface area (Å²) in [4.78, 5) is 15.7. The van der Waals surface area contributed by atoms with Gasteiger partial charge in [0, 0.05) is 49.3 Å². The first-order valence-corrected chi connectivity index (χ1v) is 23.8. The summed E-state index contributed by atoms with van der Waals surface area (Å²) in [6.45, 7) is 0. The zero-order chi connectivity index (χ0) is 45.9. The molecule has 0 atom stereocenters. The predicted octanol–water partition coefficient (Wildman–Crippen LogP) is 16.8. The van der Waals surface area contributed by atoms with E-state index in [9.17, 15) is 0 Å². The fourth-order valence-electron chi connectivity index (χ4n) is 11.3. The fraction of sp³-hybridized carbons (Fsp3) is 0. The SMILES string of the molecule is c1ccc(-c2nc(-c3ccc4ccc5ccccc5c4c3)nc(-c3ccc(-n4c5ccccc5c5cc6cc(-n7c8ccccc8c8c9ccccc9ccc87)ccc6cc54)c4ccccc34)n2)cc1. The van der Waals surface area contributed by atoms with Crippen molar-refractivity contribution in [3.63, 3.8) is 0 Å². The van der Waals surface area contributed by atoms with Crippen LogP contribution in [0.15, 0.2) is 237 Å². The molecule has 0 saturated heterocycles. The van der Waals surface area contributed by atoms with Gasteiger partial charge in [-0.15, -0.1) is 0 Å². The van der Waals surface area contributed by atoms with Gasteiger partial charge in [-0.25, -0.2) is 15.0 Å². The smallest absolute Gasteiger partial charge is 0.164 e. The number of rotatable bonds is 5. The minimum Gasteiger partial charge on any atom is -0.309 e. The van der Waals surface area contributed by atoms with E-state index in [4.69, 9.17) is 15.0 Å². The van der Waals surface area contributed by atoms with Crippen LogP contribution in [0.2, 0.25) is 0 Å². The molecule has 5 nitrogen and oxygen atoms in total. The molecule has 0 spiro atoms. The summed E-state index contributed by atoms with van der Waals surface area (Å²) >= 11 is 0. The zero-order valence-corrected chi connectivity index (χ0v) is 37.8. The Morgan fingerprint density at radius 3 is 1.66 bits per heavy atom. The van der Waals surface area contributed by atoms with E-state index in [2.05, 4.69) is 228 Å². The first-order valence-electron chi connectivity index (χ1n) is 23.8. The number of aromatic nitrogens is 5. The molecule has 12 aromatic carbocycles. The van der Waals surface area contributed by atoms with Gasteiger partial charge in [-0.05, 0) is 109 Å². The summed E-state index contributed by atoms with van der Waals surface area (Å²) in [7, 11) is 0. The molecule has 70 heavy (non-hydrogen) atoms. The van der Waals surface area contributed by atoms with Crippen molar-refractivity contribution in [2.75, 3.05) is 0 Å². The molecule has 3 aromatic heterocycles. The van der Waals surface area contributed by atoms with Crippen LogP contribution in [0.1, 0.15) is 0 Å². The van der Waals surface area contributed by atoms with Crippen LogP contribution in [0.25, 0.3) is 143 Å². The van der Waals surface area contributed by atoms with Crippen LogP contribution >= 0.6 is 0 Å². The average Bonchev–Trinajstić information content (AvgIpc) is 3.94. The second-order valence-corrected chi connectivity index (χ2v) is 18.4. The third kappa shape index (κ3) is 5.82. The normalized spacial score (nSPS) is 12.0. The largest absolute Gasteiger partial charge is 0.309 e. The molecule has 0 aliphatic carbocycles. The first kappa shape index (κ1) is 38.6. The van der Waals surface area contributed by atoms with Gasteiger partial charge in [0.05, 0.1) is 27.8 Å². The van der Waals surface area contributed by atoms with Crippen LogP contribution in [0.5, 0.6) is 0 Å². The Morgan fingerprint density at radius 2 is 0.843 bits per heavy atom. The molecule has 5 heteroatoms. The topological polar surface area (TPSA) is 48.5 Å². The summed E-state index contributed by atoms with van der Waals surface area (Å²) in [6.07, 6.45) is 0. The number of benzene rings is 12. The van der Waals surface area contributed by atoms with Crippen molar-refractivity contribution in [3.05, 3.63) is 237 Å². The van der Waals surface area contributed by atoms with Crippen LogP contribution in [0.3, 0.4) is 0 Å². The quantitative estimate of drug-likeness (QED) is 0.162. The molecular weight excluding hydrogens is 851 g/mol. The highest BCUT2D eigenvalue weighted by Gasteiger charge is 2.21. The second kappa shape index (κ2) is 15.0. The van der Waals surface area contributed by atoms with Gasteiger partial charge in [0.1, 0.15) is 0 Å². The van der Waals surface area contributed by atoms with Crippen molar-refractivity contribution in [1.82, 2.24) is 24.1 Å². The molecule has 0 bridgehead atoms. The Kier molecular flexibility index (Phi) is 8.29. The molecule has 0 aliphatic rings. The molecule has 324 valence electrons. The lowest BCUT2D eigenvalue weighted by Gasteiger charge is -2.15. The van der Waals surface area contributed by atoms with Crippen LogP contribution in [-0.2, 0) is 0 Å². The Hall–Kier alpha value is -9.45. The molecule has 0 N–H and O–H groups in total. The van der Waals surface area contributed by atoms with Gasteiger partial charge in [-0.2, -0.15) is 0 Å².